The Morgan fingerprint density at radius 1 is 1.03 bits per heavy atom. The summed E-state index contributed by atoms with van der Waals surface area (Å²) in [5.74, 6) is 0.767. The Balaban J connectivity index is 1.71. The van der Waals surface area contributed by atoms with Gasteiger partial charge in [-0.1, -0.05) is 50.6 Å². The molecule has 6 nitrogen and oxygen atoms in total. The average Bonchev–Trinajstić information content (AvgIpc) is 3.27. The second-order valence-corrected chi connectivity index (χ2v) is 8.38. The first-order chi connectivity index (χ1) is 14.5. The number of benzene rings is 1. The summed E-state index contributed by atoms with van der Waals surface area (Å²) in [5, 5.41) is 5.98. The van der Waals surface area contributed by atoms with E-state index >= 15 is 0 Å². The smallest absolute Gasteiger partial charge is 0.247 e. The Morgan fingerprint density at radius 3 is 2.40 bits per heavy atom. The average molecular weight is 412 g/mol. The largest absolute Gasteiger partial charge is 0.468 e. The Kier molecular flexibility index (Phi) is 8.08. The van der Waals surface area contributed by atoms with Gasteiger partial charge < -0.3 is 15.1 Å². The van der Waals surface area contributed by atoms with E-state index in [-0.39, 0.29) is 23.8 Å². The van der Waals surface area contributed by atoms with Crippen molar-refractivity contribution < 1.29 is 14.0 Å². The highest BCUT2D eigenvalue weighted by Gasteiger charge is 2.28. The van der Waals surface area contributed by atoms with E-state index in [2.05, 4.69) is 15.5 Å². The van der Waals surface area contributed by atoms with Crippen LogP contribution < -0.4 is 10.6 Å². The summed E-state index contributed by atoms with van der Waals surface area (Å²) in [5.41, 5.74) is 0.777. The number of hydrogen-bond acceptors (Lipinski definition) is 4. The third-order valence-electron chi connectivity index (χ3n) is 5.47. The van der Waals surface area contributed by atoms with Crippen LogP contribution in [-0.4, -0.2) is 36.3 Å². The third kappa shape index (κ3) is 6.20. The minimum atomic E-state index is -0.712. The molecule has 1 aromatic carbocycles. The van der Waals surface area contributed by atoms with Crippen LogP contribution in [0.15, 0.2) is 53.1 Å². The van der Waals surface area contributed by atoms with Gasteiger partial charge in [-0.3, -0.25) is 14.5 Å². The van der Waals surface area contributed by atoms with Crippen LogP contribution >= 0.6 is 0 Å². The Hall–Kier alpha value is -2.60. The lowest BCUT2D eigenvalue weighted by molar-refractivity contribution is -0.129. The molecule has 1 aromatic heterocycles. The van der Waals surface area contributed by atoms with Crippen molar-refractivity contribution in [3.63, 3.8) is 0 Å². The summed E-state index contributed by atoms with van der Waals surface area (Å²) >= 11 is 0. The molecule has 1 aliphatic heterocycles. The van der Waals surface area contributed by atoms with Crippen molar-refractivity contribution in [2.24, 2.45) is 5.92 Å². The number of amides is 2. The van der Waals surface area contributed by atoms with Crippen LogP contribution in [0.5, 0.6) is 0 Å². The Bertz CT molecular complexity index is 783. The Morgan fingerprint density at radius 2 is 1.77 bits per heavy atom. The SMILES string of the molecule is CC(C)CC(=O)NC(C(=O)NCC(c1ccco1)N1CCCCC1)c1ccccc1. The van der Waals surface area contributed by atoms with E-state index in [1.165, 1.54) is 6.42 Å². The first-order valence-corrected chi connectivity index (χ1v) is 10.9. The summed E-state index contributed by atoms with van der Waals surface area (Å²) < 4.78 is 5.67. The van der Waals surface area contributed by atoms with Crippen LogP contribution in [0.2, 0.25) is 0 Å². The molecular formula is C24H33N3O3. The van der Waals surface area contributed by atoms with Crippen molar-refractivity contribution in [1.29, 1.82) is 0 Å². The van der Waals surface area contributed by atoms with Crippen LogP contribution in [0.1, 0.15) is 62.9 Å². The summed E-state index contributed by atoms with van der Waals surface area (Å²) in [6.07, 6.45) is 5.62. The fourth-order valence-electron chi connectivity index (χ4n) is 3.96. The van der Waals surface area contributed by atoms with E-state index in [4.69, 9.17) is 4.42 Å². The van der Waals surface area contributed by atoms with Crippen LogP contribution in [-0.2, 0) is 9.59 Å². The number of hydrogen-bond donors (Lipinski definition) is 2. The highest BCUT2D eigenvalue weighted by Crippen LogP contribution is 2.25. The van der Waals surface area contributed by atoms with E-state index in [1.807, 2.05) is 56.3 Å². The number of nitrogens with zero attached hydrogens (tertiary/aromatic N) is 1. The topological polar surface area (TPSA) is 74.6 Å². The van der Waals surface area contributed by atoms with Gasteiger partial charge in [-0.2, -0.15) is 0 Å². The van der Waals surface area contributed by atoms with E-state index < -0.39 is 6.04 Å². The molecule has 2 unspecified atom stereocenters. The lowest BCUT2D eigenvalue weighted by Gasteiger charge is -2.33. The van der Waals surface area contributed by atoms with Gasteiger partial charge in [-0.05, 0) is 49.5 Å². The predicted octanol–water partition coefficient (Wildman–Crippen LogP) is 3.83. The van der Waals surface area contributed by atoms with Gasteiger partial charge in [-0.15, -0.1) is 0 Å². The van der Waals surface area contributed by atoms with E-state index in [0.717, 1.165) is 37.3 Å². The van der Waals surface area contributed by atoms with Crippen molar-refractivity contribution in [2.45, 2.75) is 51.6 Å². The first kappa shape index (κ1) is 22.1. The maximum absolute atomic E-state index is 13.1. The summed E-state index contributed by atoms with van der Waals surface area (Å²) in [6.45, 7) is 6.41. The summed E-state index contributed by atoms with van der Waals surface area (Å²) in [4.78, 5) is 27.9. The molecule has 1 saturated heterocycles. The van der Waals surface area contributed by atoms with Crippen LogP contribution in [0, 0.1) is 5.92 Å². The van der Waals surface area contributed by atoms with Gasteiger partial charge in [-0.25, -0.2) is 0 Å². The zero-order valence-electron chi connectivity index (χ0n) is 18.0. The lowest BCUT2D eigenvalue weighted by Crippen LogP contribution is -2.45. The van der Waals surface area contributed by atoms with E-state index in [1.54, 1.807) is 6.26 Å². The monoisotopic (exact) mass is 411 g/mol. The molecule has 1 aliphatic rings. The number of carbonyl (C=O) groups is 2. The minimum absolute atomic E-state index is 0.00737. The van der Waals surface area contributed by atoms with Crippen molar-refractivity contribution in [3.8, 4) is 0 Å². The van der Waals surface area contributed by atoms with Gasteiger partial charge in [0.15, 0.2) is 0 Å². The molecule has 2 aromatic rings. The Labute approximate surface area is 179 Å². The summed E-state index contributed by atoms with van der Waals surface area (Å²) in [6, 6.07) is 12.5. The van der Waals surface area contributed by atoms with Gasteiger partial charge in [0.05, 0.1) is 12.3 Å². The van der Waals surface area contributed by atoms with E-state index in [0.29, 0.717) is 13.0 Å². The van der Waals surface area contributed by atoms with Gasteiger partial charge in [0.1, 0.15) is 11.8 Å². The molecule has 3 rings (SSSR count). The van der Waals surface area contributed by atoms with Gasteiger partial charge in [0.25, 0.3) is 0 Å². The molecule has 1 fully saturated rings. The summed E-state index contributed by atoms with van der Waals surface area (Å²) in [7, 11) is 0. The molecule has 6 heteroatoms. The molecular weight excluding hydrogens is 378 g/mol. The molecule has 0 bridgehead atoms. The van der Waals surface area contributed by atoms with Crippen molar-refractivity contribution >= 4 is 11.8 Å². The first-order valence-electron chi connectivity index (χ1n) is 10.9. The number of nitrogens with one attached hydrogen (secondary N) is 2. The molecule has 162 valence electrons. The second-order valence-electron chi connectivity index (χ2n) is 8.38. The molecule has 2 N–H and O–H groups in total. The molecule has 2 heterocycles. The van der Waals surface area contributed by atoms with Crippen LogP contribution in [0.4, 0.5) is 0 Å². The molecule has 2 atom stereocenters. The van der Waals surface area contributed by atoms with Crippen molar-refractivity contribution in [3.05, 3.63) is 60.1 Å². The quantitative estimate of drug-likeness (QED) is 0.658. The molecule has 0 spiro atoms. The number of rotatable bonds is 9. The highest BCUT2D eigenvalue weighted by molar-refractivity contribution is 5.88. The molecule has 0 radical (unpaired) electrons. The van der Waals surface area contributed by atoms with Gasteiger partial charge >= 0.3 is 0 Å². The highest BCUT2D eigenvalue weighted by atomic mass is 16.3. The normalized spacial score (nSPS) is 16.8. The fraction of sp³-hybridized carbons (Fsp3) is 0.500. The number of furan rings is 1. The standard InChI is InChI=1S/C24H33N3O3/c1-18(2)16-22(28)26-23(19-10-5-3-6-11-19)24(29)25-17-20(21-12-9-15-30-21)27-13-7-4-8-14-27/h3,5-6,9-12,15,18,20,23H,4,7-8,13-14,16-17H2,1-2H3,(H,25,29)(H,26,28). The maximum Gasteiger partial charge on any atom is 0.247 e. The van der Waals surface area contributed by atoms with Crippen LogP contribution in [0.25, 0.3) is 0 Å². The zero-order valence-corrected chi connectivity index (χ0v) is 18.0. The molecule has 0 saturated carbocycles. The second kappa shape index (κ2) is 11.0. The van der Waals surface area contributed by atoms with Crippen molar-refractivity contribution in [2.75, 3.05) is 19.6 Å². The fourth-order valence-corrected chi connectivity index (χ4v) is 3.96. The maximum atomic E-state index is 13.1. The van der Waals surface area contributed by atoms with Crippen molar-refractivity contribution in [1.82, 2.24) is 15.5 Å². The molecule has 30 heavy (non-hydrogen) atoms. The number of piperidine rings is 1. The van der Waals surface area contributed by atoms with Gasteiger partial charge in [0, 0.05) is 13.0 Å². The number of likely N-dealkylation sites (tertiary alicyclic amines) is 1. The lowest BCUT2D eigenvalue weighted by atomic mass is 10.0. The zero-order chi connectivity index (χ0) is 21.3. The predicted molar refractivity (Wildman–Crippen MR) is 117 cm³/mol. The molecule has 2 amide bonds. The number of carbonyl (C=O) groups excluding carboxylic acids is 2. The minimum Gasteiger partial charge on any atom is -0.468 e. The van der Waals surface area contributed by atoms with E-state index in [9.17, 15) is 9.59 Å². The van der Waals surface area contributed by atoms with Gasteiger partial charge in [0.2, 0.25) is 11.8 Å². The molecule has 0 aliphatic carbocycles. The van der Waals surface area contributed by atoms with Crippen LogP contribution in [0.3, 0.4) is 0 Å². The third-order valence-corrected chi connectivity index (χ3v) is 5.47.